The number of unbranched alkanes of at least 4 members (excludes halogenated alkanes) is 9. The van der Waals surface area contributed by atoms with Gasteiger partial charge < -0.3 is 4.74 Å². The molecule has 0 fully saturated rings. The van der Waals surface area contributed by atoms with Gasteiger partial charge in [0.25, 0.3) is 0 Å². The molecule has 0 heterocycles. The van der Waals surface area contributed by atoms with E-state index in [-0.39, 0.29) is 0 Å². The van der Waals surface area contributed by atoms with E-state index < -0.39 is 17.5 Å². The van der Waals surface area contributed by atoms with Crippen molar-refractivity contribution in [1.29, 1.82) is 0 Å². The summed E-state index contributed by atoms with van der Waals surface area (Å²) in [6.07, 6.45) is 14.9. The lowest BCUT2D eigenvalue weighted by atomic mass is 10.1. The van der Waals surface area contributed by atoms with Gasteiger partial charge in [-0.15, -0.1) is 0 Å². The minimum atomic E-state index is -0.835. The molecule has 6 nitrogen and oxygen atoms in total. The van der Waals surface area contributed by atoms with Crippen LogP contribution in [0.1, 0.15) is 98.3 Å². The number of rotatable bonds is 17. The van der Waals surface area contributed by atoms with E-state index in [1.54, 1.807) is 13.8 Å². The fraction of sp³-hybridized carbons (Fsp3) is 0.810. The average Bonchev–Trinajstić information content (AvgIpc) is 2.64. The van der Waals surface area contributed by atoms with Crippen molar-refractivity contribution in [2.24, 2.45) is 0 Å². The van der Waals surface area contributed by atoms with Crippen LogP contribution in [0.25, 0.3) is 0 Å². The lowest BCUT2D eigenvalue weighted by molar-refractivity contribution is -0.515. The van der Waals surface area contributed by atoms with Gasteiger partial charge in [0, 0.05) is 12.2 Å². The smallest absolute Gasteiger partial charge is 0.369 e. The summed E-state index contributed by atoms with van der Waals surface area (Å²) in [5, 5.41) is 4.40. The number of hydrogen-bond donors (Lipinski definition) is 0. The second-order valence-electron chi connectivity index (χ2n) is 7.35. The van der Waals surface area contributed by atoms with Crippen LogP contribution < -0.4 is 0 Å². The maximum atomic E-state index is 11.5. The zero-order chi connectivity index (χ0) is 20.4. The Bertz CT molecular complexity index is 417. The maximum Gasteiger partial charge on any atom is 0.369 e. The lowest BCUT2D eigenvalue weighted by Crippen LogP contribution is -2.24. The molecule has 0 aromatic heterocycles. The number of carbonyl (C=O) groups is 2. The van der Waals surface area contributed by atoms with Gasteiger partial charge in [-0.25, -0.2) is 9.59 Å². The average molecular weight is 387 g/mol. The van der Waals surface area contributed by atoms with E-state index in [4.69, 9.17) is 9.62 Å². The second-order valence-corrected chi connectivity index (χ2v) is 7.35. The molecule has 0 amide bonds. The van der Waals surface area contributed by atoms with E-state index in [1.807, 2.05) is 6.92 Å². The molecule has 0 rings (SSSR count). The first kappa shape index (κ1) is 25.6. The fourth-order valence-electron chi connectivity index (χ4n) is 2.18. The third-order valence-electron chi connectivity index (χ3n) is 4.32. The lowest BCUT2D eigenvalue weighted by Gasteiger charge is -2.19. The Kier molecular flexibility index (Phi) is 15.9. The number of hydrogen-bond acceptors (Lipinski definition) is 6. The molecule has 0 saturated carbocycles. The van der Waals surface area contributed by atoms with Crippen LogP contribution >= 0.6 is 0 Å². The monoisotopic (exact) mass is 386 g/mol. The minimum absolute atomic E-state index is 0.360. The van der Waals surface area contributed by atoms with Gasteiger partial charge >= 0.3 is 11.9 Å². The molecule has 0 bridgehead atoms. The molecule has 0 atom stereocenters. The normalized spacial score (nSPS) is 11.7. The number of ether oxygens (including phenoxy) is 1. The van der Waals surface area contributed by atoms with E-state index in [2.05, 4.69) is 16.8 Å². The summed E-state index contributed by atoms with van der Waals surface area (Å²) in [5.74, 6) is -1.41. The largest absolute Gasteiger partial charge is 0.463 e. The molecule has 0 radical (unpaired) electrons. The Labute approximate surface area is 164 Å². The van der Waals surface area contributed by atoms with E-state index in [0.29, 0.717) is 13.0 Å². The van der Waals surface area contributed by atoms with Crippen molar-refractivity contribution in [3.8, 4) is 0 Å². The van der Waals surface area contributed by atoms with Crippen molar-refractivity contribution in [3.05, 3.63) is 12.2 Å². The summed E-state index contributed by atoms with van der Waals surface area (Å²) in [4.78, 5) is 32.2. The third-order valence-corrected chi connectivity index (χ3v) is 4.32. The molecule has 0 aliphatic carbocycles. The predicted molar refractivity (Wildman–Crippen MR) is 105 cm³/mol. The predicted octanol–water partition coefficient (Wildman–Crippen LogP) is 5.60. The van der Waals surface area contributed by atoms with Crippen molar-refractivity contribution in [2.45, 2.75) is 104 Å². The highest BCUT2D eigenvalue weighted by Gasteiger charge is 2.18. The standard InChI is InChI=1S/C21H38O6/c1-5-7-8-9-10-11-12-13-14-15-18-24-19(22)16-17-20(23)25-27-26-21(3,4)6-2/h16-17H,5-15,18H2,1-4H3. The Hall–Kier alpha value is -1.40. The van der Waals surface area contributed by atoms with Gasteiger partial charge in [0.15, 0.2) is 0 Å². The summed E-state index contributed by atoms with van der Waals surface area (Å²) in [6, 6.07) is 0. The zero-order valence-corrected chi connectivity index (χ0v) is 17.6. The maximum absolute atomic E-state index is 11.5. The SMILES string of the molecule is CCCCCCCCCCCCOC(=O)C=CC(=O)OOOC(C)(C)CC. The summed E-state index contributed by atoms with van der Waals surface area (Å²) < 4.78 is 5.03. The highest BCUT2D eigenvalue weighted by molar-refractivity contribution is 5.91. The molecule has 0 spiro atoms. The van der Waals surface area contributed by atoms with Crippen LogP contribution in [0.5, 0.6) is 0 Å². The van der Waals surface area contributed by atoms with Crippen LogP contribution in [-0.2, 0) is 29.1 Å². The van der Waals surface area contributed by atoms with Crippen LogP contribution in [0.2, 0.25) is 0 Å². The van der Waals surface area contributed by atoms with Gasteiger partial charge in [0.1, 0.15) is 5.60 Å². The Balaban J connectivity index is 3.54. The molecular weight excluding hydrogens is 348 g/mol. The first-order valence-electron chi connectivity index (χ1n) is 10.3. The molecule has 0 aliphatic rings. The van der Waals surface area contributed by atoms with Gasteiger partial charge in [-0.2, -0.15) is 4.89 Å². The Morgan fingerprint density at radius 2 is 1.30 bits per heavy atom. The van der Waals surface area contributed by atoms with Gasteiger partial charge in [-0.1, -0.05) is 71.6 Å². The van der Waals surface area contributed by atoms with Gasteiger partial charge in [-0.05, 0) is 31.7 Å². The molecule has 0 saturated heterocycles. The highest BCUT2D eigenvalue weighted by Crippen LogP contribution is 2.13. The summed E-state index contributed by atoms with van der Waals surface area (Å²) in [6.45, 7) is 8.09. The zero-order valence-electron chi connectivity index (χ0n) is 17.6. The molecule has 6 heteroatoms. The van der Waals surface area contributed by atoms with E-state index >= 15 is 0 Å². The number of carbonyl (C=O) groups excluding carboxylic acids is 2. The van der Waals surface area contributed by atoms with Crippen LogP contribution in [0, 0.1) is 0 Å². The third kappa shape index (κ3) is 17.8. The Morgan fingerprint density at radius 1 is 0.778 bits per heavy atom. The van der Waals surface area contributed by atoms with Gasteiger partial charge in [-0.3, -0.25) is 4.89 Å². The Morgan fingerprint density at radius 3 is 1.85 bits per heavy atom. The van der Waals surface area contributed by atoms with E-state index in [0.717, 1.165) is 25.0 Å². The molecule has 0 aromatic carbocycles. The van der Waals surface area contributed by atoms with Crippen molar-refractivity contribution in [2.75, 3.05) is 6.61 Å². The first-order valence-corrected chi connectivity index (χ1v) is 10.3. The topological polar surface area (TPSA) is 71.1 Å². The van der Waals surface area contributed by atoms with Crippen LogP contribution in [-0.4, -0.2) is 24.1 Å². The van der Waals surface area contributed by atoms with Gasteiger partial charge in [0.2, 0.25) is 0 Å². The van der Waals surface area contributed by atoms with Crippen LogP contribution in [0.4, 0.5) is 0 Å². The molecular formula is C21H38O6. The van der Waals surface area contributed by atoms with Gasteiger partial charge in [0.05, 0.1) is 6.61 Å². The highest BCUT2D eigenvalue weighted by atomic mass is 17.5. The molecule has 158 valence electrons. The molecule has 0 unspecified atom stereocenters. The summed E-state index contributed by atoms with van der Waals surface area (Å²) in [5.41, 5.74) is -0.558. The summed E-state index contributed by atoms with van der Waals surface area (Å²) >= 11 is 0. The second kappa shape index (κ2) is 16.8. The minimum Gasteiger partial charge on any atom is -0.463 e. The van der Waals surface area contributed by atoms with E-state index in [9.17, 15) is 9.59 Å². The van der Waals surface area contributed by atoms with Crippen molar-refractivity contribution in [3.63, 3.8) is 0 Å². The van der Waals surface area contributed by atoms with Crippen LogP contribution in [0.3, 0.4) is 0 Å². The molecule has 0 aliphatic heterocycles. The van der Waals surface area contributed by atoms with Crippen LogP contribution in [0.15, 0.2) is 12.2 Å². The molecule has 27 heavy (non-hydrogen) atoms. The van der Waals surface area contributed by atoms with Crippen molar-refractivity contribution in [1.82, 2.24) is 0 Å². The molecule has 0 N–H and O–H groups in total. The summed E-state index contributed by atoms with van der Waals surface area (Å²) in [7, 11) is 0. The fourth-order valence-corrected chi connectivity index (χ4v) is 2.18. The first-order chi connectivity index (χ1) is 12.9. The molecule has 0 aromatic rings. The van der Waals surface area contributed by atoms with Crippen molar-refractivity contribution >= 4 is 11.9 Å². The quantitative estimate of drug-likeness (QED) is 0.106. The van der Waals surface area contributed by atoms with Crippen molar-refractivity contribution < 1.29 is 29.1 Å². The number of esters is 1. The van der Waals surface area contributed by atoms with E-state index in [1.165, 1.54) is 51.4 Å².